The summed E-state index contributed by atoms with van der Waals surface area (Å²) in [6.07, 6.45) is -2.64. The van der Waals surface area contributed by atoms with Crippen LogP contribution < -0.4 is 5.32 Å². The minimum absolute atomic E-state index is 0.154. The van der Waals surface area contributed by atoms with Gasteiger partial charge in [0, 0.05) is 12.3 Å². The van der Waals surface area contributed by atoms with Crippen LogP contribution in [0.5, 0.6) is 0 Å². The Kier molecular flexibility index (Phi) is 8.24. The van der Waals surface area contributed by atoms with Crippen molar-refractivity contribution in [1.29, 1.82) is 0 Å². The lowest BCUT2D eigenvalue weighted by atomic mass is 10.0. The fraction of sp³-hybridized carbons (Fsp3) is 1.00. The number of alkyl halides is 4. The molecule has 0 radical (unpaired) electrons. The van der Waals surface area contributed by atoms with Crippen LogP contribution in [0.3, 0.4) is 0 Å². The topological polar surface area (TPSA) is 12.0 Å². The highest BCUT2D eigenvalue weighted by atomic mass is 35.5. The first kappa shape index (κ1) is 15.0. The van der Waals surface area contributed by atoms with Crippen molar-refractivity contribution in [3.63, 3.8) is 0 Å². The van der Waals surface area contributed by atoms with Gasteiger partial charge in [0.05, 0.1) is 0 Å². The smallest absolute Gasteiger partial charge is 0.316 e. The highest BCUT2D eigenvalue weighted by molar-refractivity contribution is 6.17. The molecular formula is C10H19ClF3N. The van der Waals surface area contributed by atoms with Gasteiger partial charge in [-0.2, -0.15) is 13.2 Å². The van der Waals surface area contributed by atoms with E-state index in [-0.39, 0.29) is 6.42 Å². The van der Waals surface area contributed by atoms with Gasteiger partial charge in [0.2, 0.25) is 0 Å². The normalized spacial score (nSPS) is 14.2. The van der Waals surface area contributed by atoms with Crippen LogP contribution in [-0.4, -0.2) is 25.1 Å². The first-order valence-electron chi connectivity index (χ1n) is 5.33. The van der Waals surface area contributed by atoms with Gasteiger partial charge in [-0.3, -0.25) is 0 Å². The van der Waals surface area contributed by atoms with Gasteiger partial charge < -0.3 is 5.32 Å². The molecule has 15 heavy (non-hydrogen) atoms. The van der Waals surface area contributed by atoms with E-state index in [2.05, 4.69) is 12.2 Å². The molecule has 0 aromatic heterocycles. The monoisotopic (exact) mass is 245 g/mol. The fourth-order valence-corrected chi connectivity index (χ4v) is 1.63. The molecule has 0 aliphatic heterocycles. The Morgan fingerprint density at radius 3 is 2.47 bits per heavy atom. The predicted molar refractivity (Wildman–Crippen MR) is 57.3 cm³/mol. The summed E-state index contributed by atoms with van der Waals surface area (Å²) >= 11 is 5.60. The average molecular weight is 246 g/mol. The van der Waals surface area contributed by atoms with Gasteiger partial charge in [0.1, 0.15) is 0 Å². The van der Waals surface area contributed by atoms with Crippen molar-refractivity contribution in [1.82, 2.24) is 5.32 Å². The molecule has 5 heteroatoms. The molecule has 1 unspecified atom stereocenters. The van der Waals surface area contributed by atoms with E-state index in [1.165, 1.54) is 0 Å². The van der Waals surface area contributed by atoms with Crippen LogP contribution >= 0.6 is 11.6 Å². The zero-order chi connectivity index (χ0) is 11.7. The van der Waals surface area contributed by atoms with Crippen LogP contribution in [0.15, 0.2) is 0 Å². The molecule has 0 amide bonds. The van der Waals surface area contributed by atoms with Gasteiger partial charge >= 0.3 is 6.18 Å². The largest absolute Gasteiger partial charge is 0.389 e. The summed E-state index contributed by atoms with van der Waals surface area (Å²) < 4.78 is 35.3. The molecule has 1 nitrogen and oxygen atoms in total. The third-order valence-electron chi connectivity index (χ3n) is 2.34. The maximum atomic E-state index is 11.8. The minimum atomic E-state index is -4.03. The molecule has 0 heterocycles. The van der Waals surface area contributed by atoms with Crippen LogP contribution in [0.1, 0.15) is 32.6 Å². The van der Waals surface area contributed by atoms with Crippen molar-refractivity contribution in [2.45, 2.75) is 38.8 Å². The zero-order valence-corrected chi connectivity index (χ0v) is 9.79. The Morgan fingerprint density at radius 1 is 1.33 bits per heavy atom. The maximum Gasteiger partial charge on any atom is 0.389 e. The summed E-state index contributed by atoms with van der Waals surface area (Å²) in [4.78, 5) is 0. The SMILES string of the molecule is CCC(CCCl)CNCCCC(F)(F)F. The molecule has 0 fully saturated rings. The Bertz CT molecular complexity index is 150. The Labute approximate surface area is 94.4 Å². The Balaban J connectivity index is 3.36. The van der Waals surface area contributed by atoms with E-state index in [0.717, 1.165) is 19.4 Å². The van der Waals surface area contributed by atoms with E-state index in [0.29, 0.717) is 18.3 Å². The maximum absolute atomic E-state index is 11.8. The average Bonchev–Trinajstić information content (AvgIpc) is 2.14. The van der Waals surface area contributed by atoms with Crippen LogP contribution in [0.25, 0.3) is 0 Å². The van der Waals surface area contributed by atoms with E-state index in [1.807, 2.05) is 0 Å². The van der Waals surface area contributed by atoms with Crippen LogP contribution in [0, 0.1) is 5.92 Å². The highest BCUT2D eigenvalue weighted by Gasteiger charge is 2.25. The highest BCUT2D eigenvalue weighted by Crippen LogP contribution is 2.20. The fourth-order valence-electron chi connectivity index (χ4n) is 1.32. The lowest BCUT2D eigenvalue weighted by molar-refractivity contribution is -0.135. The molecule has 0 aliphatic carbocycles. The molecule has 0 aromatic rings. The van der Waals surface area contributed by atoms with E-state index >= 15 is 0 Å². The van der Waals surface area contributed by atoms with Gasteiger partial charge in [-0.05, 0) is 31.8 Å². The standard InChI is InChI=1S/C10H19ClF3N/c1-2-9(4-6-11)8-15-7-3-5-10(12,13)14/h9,15H,2-8H2,1H3. The number of hydrogen-bond donors (Lipinski definition) is 1. The molecule has 0 saturated heterocycles. The molecule has 0 aromatic carbocycles. The van der Waals surface area contributed by atoms with E-state index in [9.17, 15) is 13.2 Å². The van der Waals surface area contributed by atoms with Crippen LogP contribution in [0.2, 0.25) is 0 Å². The second-order valence-corrected chi connectivity index (χ2v) is 4.05. The Hall–Kier alpha value is 0.0400. The van der Waals surface area contributed by atoms with Crippen molar-refractivity contribution in [3.05, 3.63) is 0 Å². The van der Waals surface area contributed by atoms with Crippen molar-refractivity contribution in [3.8, 4) is 0 Å². The molecule has 0 bridgehead atoms. The van der Waals surface area contributed by atoms with Crippen molar-refractivity contribution in [2.24, 2.45) is 5.92 Å². The molecular weight excluding hydrogens is 227 g/mol. The predicted octanol–water partition coefficient (Wildman–Crippen LogP) is 3.57. The second-order valence-electron chi connectivity index (χ2n) is 3.67. The van der Waals surface area contributed by atoms with Gasteiger partial charge in [-0.15, -0.1) is 11.6 Å². The first-order valence-corrected chi connectivity index (χ1v) is 5.86. The van der Waals surface area contributed by atoms with Crippen molar-refractivity contribution < 1.29 is 13.2 Å². The molecule has 0 saturated carbocycles. The van der Waals surface area contributed by atoms with E-state index < -0.39 is 12.6 Å². The summed E-state index contributed by atoms with van der Waals surface area (Å²) in [5.74, 6) is 1.09. The summed E-state index contributed by atoms with van der Waals surface area (Å²) in [5, 5.41) is 3.04. The quantitative estimate of drug-likeness (QED) is 0.509. The van der Waals surface area contributed by atoms with Gasteiger partial charge in [-0.25, -0.2) is 0 Å². The lowest BCUT2D eigenvalue weighted by Crippen LogP contribution is -2.25. The molecule has 1 N–H and O–H groups in total. The minimum Gasteiger partial charge on any atom is -0.316 e. The second kappa shape index (κ2) is 8.22. The molecule has 0 rings (SSSR count). The van der Waals surface area contributed by atoms with Gasteiger partial charge in [0.15, 0.2) is 0 Å². The van der Waals surface area contributed by atoms with Gasteiger partial charge in [-0.1, -0.05) is 13.3 Å². The Morgan fingerprint density at radius 2 is 2.00 bits per heavy atom. The zero-order valence-electron chi connectivity index (χ0n) is 9.04. The third kappa shape index (κ3) is 10.3. The summed E-state index contributed by atoms with van der Waals surface area (Å²) in [7, 11) is 0. The van der Waals surface area contributed by atoms with E-state index in [4.69, 9.17) is 11.6 Å². The molecule has 92 valence electrons. The summed E-state index contributed by atoms with van der Waals surface area (Å²) in [5.41, 5.74) is 0. The van der Waals surface area contributed by atoms with E-state index in [1.54, 1.807) is 0 Å². The van der Waals surface area contributed by atoms with Crippen molar-refractivity contribution >= 4 is 11.6 Å². The summed E-state index contributed by atoms with van der Waals surface area (Å²) in [6, 6.07) is 0. The lowest BCUT2D eigenvalue weighted by Gasteiger charge is -2.14. The first-order chi connectivity index (χ1) is 6.99. The molecule has 0 aliphatic rings. The molecule has 0 spiro atoms. The number of hydrogen-bond acceptors (Lipinski definition) is 1. The van der Waals surface area contributed by atoms with Crippen LogP contribution in [-0.2, 0) is 0 Å². The van der Waals surface area contributed by atoms with Crippen molar-refractivity contribution in [2.75, 3.05) is 19.0 Å². The number of nitrogens with one attached hydrogen (secondary N) is 1. The number of halogens is 4. The summed E-state index contributed by atoms with van der Waals surface area (Å²) in [6.45, 7) is 3.26. The van der Waals surface area contributed by atoms with Gasteiger partial charge in [0.25, 0.3) is 0 Å². The molecule has 1 atom stereocenters. The third-order valence-corrected chi connectivity index (χ3v) is 2.56. The number of rotatable bonds is 8. The van der Waals surface area contributed by atoms with Crippen LogP contribution in [0.4, 0.5) is 13.2 Å².